The predicted octanol–water partition coefficient (Wildman–Crippen LogP) is -1.68. The van der Waals surface area contributed by atoms with Crippen molar-refractivity contribution in [3.05, 3.63) is 17.2 Å². The van der Waals surface area contributed by atoms with E-state index in [1.807, 2.05) is 0 Å². The van der Waals surface area contributed by atoms with E-state index in [0.29, 0.717) is 0 Å². The first kappa shape index (κ1) is 18.2. The Bertz CT molecular complexity index is 628. The van der Waals surface area contributed by atoms with Crippen LogP contribution in [0.1, 0.15) is 22.0 Å². The van der Waals surface area contributed by atoms with Gasteiger partial charge in [-0.25, -0.2) is 4.79 Å². The SMILES string of the molecule is COc1cc(C2O[C@H](CO)[C@@H](O)[C@H](O)[C@H]2O)c(O)c(C(=O)O)c1O. The van der Waals surface area contributed by atoms with Crippen LogP contribution < -0.4 is 4.74 Å². The maximum atomic E-state index is 11.3. The first-order chi connectivity index (χ1) is 11.2. The highest BCUT2D eigenvalue weighted by molar-refractivity contribution is 5.95. The van der Waals surface area contributed by atoms with Crippen LogP contribution in [-0.2, 0) is 4.74 Å². The molecule has 134 valence electrons. The number of aromatic carboxylic acids is 1. The van der Waals surface area contributed by atoms with Crippen molar-refractivity contribution < 1.29 is 50.0 Å². The number of rotatable bonds is 4. The summed E-state index contributed by atoms with van der Waals surface area (Å²) in [5.41, 5.74) is -1.17. The van der Waals surface area contributed by atoms with Crippen LogP contribution >= 0.6 is 0 Å². The minimum atomic E-state index is -1.73. The van der Waals surface area contributed by atoms with Gasteiger partial charge in [0.05, 0.1) is 13.7 Å². The van der Waals surface area contributed by atoms with E-state index in [2.05, 4.69) is 0 Å². The van der Waals surface area contributed by atoms with Crippen LogP contribution in [0.5, 0.6) is 17.2 Å². The third-order valence-corrected chi connectivity index (χ3v) is 3.90. The third-order valence-electron chi connectivity index (χ3n) is 3.90. The van der Waals surface area contributed by atoms with Crippen molar-refractivity contribution in [3.63, 3.8) is 0 Å². The molecule has 0 bridgehead atoms. The van der Waals surface area contributed by atoms with E-state index in [1.54, 1.807) is 0 Å². The van der Waals surface area contributed by atoms with Gasteiger partial charge in [-0.3, -0.25) is 0 Å². The number of aromatic hydroxyl groups is 2. The number of hydrogen-bond donors (Lipinski definition) is 7. The van der Waals surface area contributed by atoms with Crippen LogP contribution in [0.4, 0.5) is 0 Å². The average molecular weight is 346 g/mol. The topological polar surface area (TPSA) is 177 Å². The molecule has 1 heterocycles. The van der Waals surface area contributed by atoms with E-state index in [-0.39, 0.29) is 11.3 Å². The lowest BCUT2D eigenvalue weighted by molar-refractivity contribution is -0.232. The summed E-state index contributed by atoms with van der Waals surface area (Å²) in [5, 5.41) is 68.0. The summed E-state index contributed by atoms with van der Waals surface area (Å²) in [6.07, 6.45) is -7.78. The zero-order chi connectivity index (χ0) is 18.2. The van der Waals surface area contributed by atoms with E-state index in [4.69, 9.17) is 14.6 Å². The van der Waals surface area contributed by atoms with E-state index < -0.39 is 60.2 Å². The Morgan fingerprint density at radius 3 is 2.29 bits per heavy atom. The number of hydrogen-bond acceptors (Lipinski definition) is 9. The van der Waals surface area contributed by atoms with Gasteiger partial charge in [0.25, 0.3) is 0 Å². The number of aliphatic hydroxyl groups is 4. The fraction of sp³-hybridized carbons (Fsp3) is 0.500. The number of carbonyl (C=O) groups is 1. The zero-order valence-corrected chi connectivity index (χ0v) is 12.5. The van der Waals surface area contributed by atoms with Gasteiger partial charge >= 0.3 is 5.97 Å². The second-order valence-electron chi connectivity index (χ2n) is 5.29. The van der Waals surface area contributed by atoms with Gasteiger partial charge in [-0.05, 0) is 6.07 Å². The molecule has 1 aliphatic rings. The Hall–Kier alpha value is -2.11. The summed E-state index contributed by atoms with van der Waals surface area (Å²) >= 11 is 0. The predicted molar refractivity (Wildman–Crippen MR) is 76.0 cm³/mol. The summed E-state index contributed by atoms with van der Waals surface area (Å²) in [7, 11) is 1.15. The molecule has 1 aliphatic heterocycles. The maximum Gasteiger partial charge on any atom is 0.343 e. The highest BCUT2D eigenvalue weighted by Gasteiger charge is 2.45. The fourth-order valence-electron chi connectivity index (χ4n) is 2.59. The lowest BCUT2D eigenvalue weighted by Crippen LogP contribution is -2.55. The van der Waals surface area contributed by atoms with Gasteiger partial charge in [0, 0.05) is 5.56 Å². The number of benzene rings is 1. The Balaban J connectivity index is 2.58. The van der Waals surface area contributed by atoms with Gasteiger partial charge in [-0.2, -0.15) is 0 Å². The molecule has 0 aromatic heterocycles. The second kappa shape index (κ2) is 6.79. The number of carboxylic acid groups (broad SMARTS) is 1. The Labute approximate surface area is 135 Å². The van der Waals surface area contributed by atoms with E-state index in [1.165, 1.54) is 0 Å². The summed E-state index contributed by atoms with van der Waals surface area (Å²) in [6, 6.07) is 1.03. The zero-order valence-electron chi connectivity index (χ0n) is 12.5. The highest BCUT2D eigenvalue weighted by atomic mass is 16.5. The van der Waals surface area contributed by atoms with Crippen molar-refractivity contribution in [1.29, 1.82) is 0 Å². The van der Waals surface area contributed by atoms with Gasteiger partial charge in [0.15, 0.2) is 11.5 Å². The molecular formula is C14H18O10. The Morgan fingerprint density at radius 2 is 1.79 bits per heavy atom. The molecule has 1 saturated heterocycles. The monoisotopic (exact) mass is 346 g/mol. The Morgan fingerprint density at radius 1 is 1.17 bits per heavy atom. The van der Waals surface area contributed by atoms with Crippen molar-refractivity contribution in [2.75, 3.05) is 13.7 Å². The molecule has 0 saturated carbocycles. The Kier molecular flexibility index (Phi) is 5.16. The summed E-state index contributed by atoms with van der Waals surface area (Å²) in [5.74, 6) is -3.69. The lowest BCUT2D eigenvalue weighted by atomic mass is 9.89. The molecule has 1 aromatic rings. The van der Waals surface area contributed by atoms with Crippen LogP contribution in [0, 0.1) is 0 Å². The molecular weight excluding hydrogens is 328 g/mol. The summed E-state index contributed by atoms with van der Waals surface area (Å²) in [6.45, 7) is -0.691. The molecule has 10 nitrogen and oxygen atoms in total. The van der Waals surface area contributed by atoms with Gasteiger partial charge in [0.2, 0.25) is 0 Å². The molecule has 0 amide bonds. The van der Waals surface area contributed by atoms with Crippen molar-refractivity contribution in [2.45, 2.75) is 30.5 Å². The van der Waals surface area contributed by atoms with Crippen molar-refractivity contribution in [1.82, 2.24) is 0 Å². The van der Waals surface area contributed by atoms with Crippen molar-refractivity contribution >= 4 is 5.97 Å². The minimum absolute atomic E-state index is 0.293. The molecule has 1 unspecified atom stereocenters. The lowest BCUT2D eigenvalue weighted by Gasteiger charge is -2.40. The standard InChI is InChI=1S/C14H18O10/c1-23-5-2-4(8(16)7(9(5)17)14(21)22)13-12(20)11(19)10(18)6(3-15)24-13/h2,6,10-13,15-20H,3H2,1H3,(H,21,22)/t6-,10-,11+,12-,13?/m1/s1. The van der Waals surface area contributed by atoms with Gasteiger partial charge < -0.3 is 45.2 Å². The smallest absolute Gasteiger partial charge is 0.343 e. The fourth-order valence-corrected chi connectivity index (χ4v) is 2.59. The molecule has 5 atom stereocenters. The largest absolute Gasteiger partial charge is 0.507 e. The number of carboxylic acids is 1. The van der Waals surface area contributed by atoms with E-state index in [9.17, 15) is 35.4 Å². The summed E-state index contributed by atoms with van der Waals surface area (Å²) < 4.78 is 10.1. The van der Waals surface area contributed by atoms with Crippen molar-refractivity contribution in [3.8, 4) is 17.2 Å². The summed E-state index contributed by atoms with van der Waals surface area (Å²) in [4.78, 5) is 11.3. The van der Waals surface area contributed by atoms with Gasteiger partial charge in [-0.1, -0.05) is 0 Å². The number of aliphatic hydroxyl groups excluding tert-OH is 4. The maximum absolute atomic E-state index is 11.3. The van der Waals surface area contributed by atoms with Crippen LogP contribution in [0.2, 0.25) is 0 Å². The first-order valence-electron chi connectivity index (χ1n) is 6.91. The molecule has 0 radical (unpaired) electrons. The minimum Gasteiger partial charge on any atom is -0.507 e. The van der Waals surface area contributed by atoms with Gasteiger partial charge in [-0.15, -0.1) is 0 Å². The van der Waals surface area contributed by atoms with Crippen LogP contribution in [0.3, 0.4) is 0 Å². The van der Waals surface area contributed by atoms with Crippen LogP contribution in [-0.4, -0.2) is 79.8 Å². The van der Waals surface area contributed by atoms with E-state index >= 15 is 0 Å². The number of methoxy groups -OCH3 is 1. The highest BCUT2D eigenvalue weighted by Crippen LogP contribution is 2.45. The molecule has 0 spiro atoms. The van der Waals surface area contributed by atoms with E-state index in [0.717, 1.165) is 13.2 Å². The quantitative estimate of drug-likeness (QED) is 0.333. The molecule has 2 rings (SSSR count). The molecule has 24 heavy (non-hydrogen) atoms. The molecule has 10 heteroatoms. The molecule has 1 aromatic carbocycles. The normalized spacial score (nSPS) is 30.1. The second-order valence-corrected chi connectivity index (χ2v) is 5.29. The first-order valence-corrected chi connectivity index (χ1v) is 6.91. The molecule has 0 aliphatic carbocycles. The average Bonchev–Trinajstić information content (AvgIpc) is 2.54. The number of phenols is 2. The molecule has 1 fully saturated rings. The van der Waals surface area contributed by atoms with Crippen LogP contribution in [0.15, 0.2) is 6.07 Å². The van der Waals surface area contributed by atoms with Crippen molar-refractivity contribution in [2.24, 2.45) is 0 Å². The third kappa shape index (κ3) is 2.85. The number of ether oxygens (including phenoxy) is 2. The van der Waals surface area contributed by atoms with Crippen LogP contribution in [0.25, 0.3) is 0 Å². The van der Waals surface area contributed by atoms with Gasteiger partial charge in [0.1, 0.15) is 41.8 Å². The molecule has 7 N–H and O–H groups in total.